The number of hydrogen-bond acceptors (Lipinski definition) is 2. The summed E-state index contributed by atoms with van der Waals surface area (Å²) in [6.45, 7) is 8.61. The second-order valence-electron chi connectivity index (χ2n) is 6.27. The van der Waals surface area contributed by atoms with E-state index in [2.05, 4.69) is 53.4 Å². The van der Waals surface area contributed by atoms with Crippen LogP contribution < -0.4 is 0 Å². The van der Waals surface area contributed by atoms with Crippen LogP contribution in [-0.2, 0) is 11.2 Å². The molecule has 0 amide bonds. The van der Waals surface area contributed by atoms with Crippen LogP contribution >= 0.6 is 15.9 Å². The van der Waals surface area contributed by atoms with Crippen molar-refractivity contribution in [1.82, 2.24) is 0 Å². The van der Waals surface area contributed by atoms with Crippen molar-refractivity contribution in [2.45, 2.75) is 37.7 Å². The molecule has 1 fully saturated rings. The van der Waals surface area contributed by atoms with Crippen molar-refractivity contribution >= 4 is 15.9 Å². The van der Waals surface area contributed by atoms with Gasteiger partial charge in [0.1, 0.15) is 0 Å². The van der Waals surface area contributed by atoms with Crippen LogP contribution in [0.15, 0.2) is 54.0 Å². The summed E-state index contributed by atoms with van der Waals surface area (Å²) in [4.78, 5) is 0. The van der Waals surface area contributed by atoms with E-state index in [9.17, 15) is 5.11 Å². The van der Waals surface area contributed by atoms with Crippen LogP contribution in [0.5, 0.6) is 0 Å². The van der Waals surface area contributed by atoms with Crippen LogP contribution in [0.4, 0.5) is 0 Å². The van der Waals surface area contributed by atoms with Crippen molar-refractivity contribution in [1.29, 1.82) is 0 Å². The van der Waals surface area contributed by atoms with Crippen molar-refractivity contribution in [3.63, 3.8) is 0 Å². The highest BCUT2D eigenvalue weighted by atomic mass is 79.9. The molecule has 0 saturated heterocycles. The number of benzene rings is 1. The van der Waals surface area contributed by atoms with E-state index in [0.717, 1.165) is 30.2 Å². The SMILES string of the molecule is C=CCOC[C@]1(Cc2ccc(Br)cc2)CCC[C@]1(O)CC=C. The maximum Gasteiger partial charge on any atom is 0.0763 e. The van der Waals surface area contributed by atoms with Gasteiger partial charge in [-0.1, -0.05) is 40.2 Å². The zero-order valence-corrected chi connectivity index (χ0v) is 14.6. The van der Waals surface area contributed by atoms with Gasteiger partial charge in [0.15, 0.2) is 0 Å². The van der Waals surface area contributed by atoms with E-state index in [0.29, 0.717) is 19.6 Å². The first-order valence-electron chi connectivity index (χ1n) is 7.82. The molecule has 1 aliphatic rings. The molecule has 3 heteroatoms. The molecule has 0 radical (unpaired) electrons. The summed E-state index contributed by atoms with van der Waals surface area (Å²) in [6, 6.07) is 8.34. The quantitative estimate of drug-likeness (QED) is 0.536. The van der Waals surface area contributed by atoms with E-state index in [-0.39, 0.29) is 5.41 Å². The molecular formula is C19H25BrO2. The van der Waals surface area contributed by atoms with Crippen LogP contribution in [0.25, 0.3) is 0 Å². The van der Waals surface area contributed by atoms with E-state index >= 15 is 0 Å². The zero-order chi connectivity index (χ0) is 16.1. The van der Waals surface area contributed by atoms with Crippen LogP contribution in [0.2, 0.25) is 0 Å². The molecule has 22 heavy (non-hydrogen) atoms. The Kier molecular flexibility index (Phi) is 6.01. The summed E-state index contributed by atoms with van der Waals surface area (Å²) in [5.41, 5.74) is 0.246. The average Bonchev–Trinajstić information content (AvgIpc) is 2.79. The second kappa shape index (κ2) is 7.58. The molecule has 2 atom stereocenters. The smallest absolute Gasteiger partial charge is 0.0763 e. The first-order chi connectivity index (χ1) is 10.6. The van der Waals surface area contributed by atoms with Gasteiger partial charge in [0.2, 0.25) is 0 Å². The molecular weight excluding hydrogens is 340 g/mol. The summed E-state index contributed by atoms with van der Waals surface area (Å²) >= 11 is 3.47. The zero-order valence-electron chi connectivity index (χ0n) is 13.1. The van der Waals surface area contributed by atoms with Crippen molar-refractivity contribution in [3.05, 3.63) is 59.6 Å². The van der Waals surface area contributed by atoms with Crippen LogP contribution in [0, 0.1) is 5.41 Å². The van der Waals surface area contributed by atoms with Crippen molar-refractivity contribution in [2.24, 2.45) is 5.41 Å². The van der Waals surface area contributed by atoms with Crippen LogP contribution in [0.3, 0.4) is 0 Å². The first-order valence-corrected chi connectivity index (χ1v) is 8.61. The van der Waals surface area contributed by atoms with Crippen molar-refractivity contribution < 1.29 is 9.84 Å². The van der Waals surface area contributed by atoms with Gasteiger partial charge in [0.25, 0.3) is 0 Å². The van der Waals surface area contributed by atoms with Crippen molar-refractivity contribution in [2.75, 3.05) is 13.2 Å². The molecule has 2 rings (SSSR count). The van der Waals surface area contributed by atoms with Gasteiger partial charge in [-0.2, -0.15) is 0 Å². The molecule has 120 valence electrons. The summed E-state index contributed by atoms with van der Waals surface area (Å²) in [6.07, 6.45) is 7.84. The molecule has 0 aromatic heterocycles. The third-order valence-electron chi connectivity index (χ3n) is 4.78. The molecule has 1 aromatic rings. The number of hydrogen-bond donors (Lipinski definition) is 1. The summed E-state index contributed by atoms with van der Waals surface area (Å²) in [5, 5.41) is 11.2. The largest absolute Gasteiger partial charge is 0.389 e. The second-order valence-corrected chi connectivity index (χ2v) is 7.18. The number of rotatable bonds is 8. The Bertz CT molecular complexity index is 511. The fraction of sp³-hybridized carbons (Fsp3) is 0.474. The molecule has 1 aliphatic carbocycles. The molecule has 0 aliphatic heterocycles. The monoisotopic (exact) mass is 364 g/mol. The van der Waals surface area contributed by atoms with Crippen molar-refractivity contribution in [3.8, 4) is 0 Å². The number of aliphatic hydroxyl groups is 1. The highest BCUT2D eigenvalue weighted by Crippen LogP contribution is 2.51. The normalized spacial score (nSPS) is 27.7. The minimum atomic E-state index is -0.733. The Morgan fingerprint density at radius 2 is 1.91 bits per heavy atom. The fourth-order valence-electron chi connectivity index (χ4n) is 3.62. The van der Waals surface area contributed by atoms with Crippen LogP contribution in [-0.4, -0.2) is 23.9 Å². The van der Waals surface area contributed by atoms with Gasteiger partial charge in [-0.15, -0.1) is 13.2 Å². The lowest BCUT2D eigenvalue weighted by atomic mass is 9.69. The fourth-order valence-corrected chi connectivity index (χ4v) is 3.88. The van der Waals surface area contributed by atoms with E-state index in [1.54, 1.807) is 6.08 Å². The maximum absolute atomic E-state index is 11.2. The minimum Gasteiger partial charge on any atom is -0.389 e. The predicted molar refractivity (Wildman–Crippen MR) is 94.9 cm³/mol. The maximum atomic E-state index is 11.2. The summed E-state index contributed by atoms with van der Waals surface area (Å²) in [7, 11) is 0. The number of ether oxygens (including phenoxy) is 1. The predicted octanol–water partition coefficient (Wildman–Crippen LogP) is 4.67. The highest BCUT2D eigenvalue weighted by molar-refractivity contribution is 9.10. The Labute approximate surface area is 142 Å². The standard InChI is InChI=1S/C19H25BrO2/c1-3-10-19(21)12-5-11-18(19,15-22-13-4-2)14-16-6-8-17(20)9-7-16/h3-4,6-9,21H,1-2,5,10-15H2/t18-,19-/m1/s1. The lowest BCUT2D eigenvalue weighted by molar-refractivity contribution is -0.0970. The van der Waals surface area contributed by atoms with Crippen LogP contribution in [0.1, 0.15) is 31.2 Å². The molecule has 0 unspecified atom stereocenters. The van der Waals surface area contributed by atoms with Gasteiger partial charge in [0, 0.05) is 9.89 Å². The van der Waals surface area contributed by atoms with Gasteiger partial charge in [0.05, 0.1) is 18.8 Å². The number of halogens is 1. The Hall–Kier alpha value is -0.900. The van der Waals surface area contributed by atoms with E-state index in [1.165, 1.54) is 5.56 Å². The molecule has 0 spiro atoms. The van der Waals surface area contributed by atoms with E-state index in [4.69, 9.17) is 4.74 Å². The molecule has 0 heterocycles. The summed E-state index contributed by atoms with van der Waals surface area (Å²) < 4.78 is 6.86. The Morgan fingerprint density at radius 1 is 1.18 bits per heavy atom. The lowest BCUT2D eigenvalue weighted by Crippen LogP contribution is -2.48. The van der Waals surface area contributed by atoms with Gasteiger partial charge >= 0.3 is 0 Å². The molecule has 2 nitrogen and oxygen atoms in total. The third-order valence-corrected chi connectivity index (χ3v) is 5.31. The van der Waals surface area contributed by atoms with E-state index < -0.39 is 5.60 Å². The minimum absolute atomic E-state index is 0.252. The Balaban J connectivity index is 2.26. The molecule has 1 aromatic carbocycles. The third kappa shape index (κ3) is 3.70. The highest BCUT2D eigenvalue weighted by Gasteiger charge is 2.53. The first kappa shape index (κ1) is 17.5. The van der Waals surface area contributed by atoms with E-state index in [1.807, 2.05) is 6.08 Å². The average molecular weight is 365 g/mol. The molecule has 0 bridgehead atoms. The van der Waals surface area contributed by atoms with Gasteiger partial charge in [-0.25, -0.2) is 0 Å². The molecule has 1 saturated carbocycles. The Morgan fingerprint density at radius 3 is 2.55 bits per heavy atom. The van der Waals surface area contributed by atoms with Gasteiger partial charge in [-0.05, 0) is 49.8 Å². The lowest BCUT2D eigenvalue weighted by Gasteiger charge is -2.42. The topological polar surface area (TPSA) is 29.5 Å². The van der Waals surface area contributed by atoms with Gasteiger partial charge in [-0.3, -0.25) is 0 Å². The summed E-state index contributed by atoms with van der Waals surface area (Å²) in [5.74, 6) is 0. The molecule has 1 N–H and O–H groups in total. The van der Waals surface area contributed by atoms with Gasteiger partial charge < -0.3 is 9.84 Å².